The third-order valence-corrected chi connectivity index (χ3v) is 4.35. The lowest BCUT2D eigenvalue weighted by Crippen LogP contribution is -2.63. The van der Waals surface area contributed by atoms with Crippen LogP contribution in [0, 0.1) is 5.92 Å². The van der Waals surface area contributed by atoms with Gasteiger partial charge in [0.15, 0.2) is 5.92 Å². The Morgan fingerprint density at radius 2 is 1.67 bits per heavy atom. The molecule has 1 amide bonds. The van der Waals surface area contributed by atoms with E-state index in [0.717, 1.165) is 16.7 Å². The van der Waals surface area contributed by atoms with Gasteiger partial charge in [0, 0.05) is 6.54 Å². The lowest BCUT2D eigenvalue weighted by atomic mass is 9.80. The molecule has 2 aromatic carbocycles. The molecule has 0 unspecified atom stereocenters. The van der Waals surface area contributed by atoms with Gasteiger partial charge in [0.2, 0.25) is 5.91 Å². The summed E-state index contributed by atoms with van der Waals surface area (Å²) in [5.41, 5.74) is 2.68. The highest BCUT2D eigenvalue weighted by Gasteiger charge is 2.53. The number of carbonyl (C=O) groups excluding carboxylic acids is 2. The number of likely N-dealkylation sites (tertiary alicyclic amines) is 1. The number of benzene rings is 2. The van der Waals surface area contributed by atoms with Gasteiger partial charge in [0.1, 0.15) is 0 Å². The maximum atomic E-state index is 12.5. The molecule has 0 aliphatic carbocycles. The molecule has 0 bridgehead atoms. The molecule has 0 saturated carbocycles. The van der Waals surface area contributed by atoms with Crippen LogP contribution in [0.1, 0.15) is 11.1 Å². The van der Waals surface area contributed by atoms with Crippen molar-refractivity contribution in [1.29, 1.82) is 0 Å². The van der Waals surface area contributed by atoms with E-state index in [4.69, 9.17) is 4.74 Å². The zero-order valence-corrected chi connectivity index (χ0v) is 13.5. The van der Waals surface area contributed by atoms with Crippen molar-refractivity contribution in [1.82, 2.24) is 4.90 Å². The van der Waals surface area contributed by atoms with Crippen LogP contribution in [-0.2, 0) is 20.9 Å². The molecule has 1 saturated heterocycles. The first kappa shape index (κ1) is 16.0. The van der Waals surface area contributed by atoms with Crippen LogP contribution in [0.25, 0.3) is 5.57 Å². The first-order valence-electron chi connectivity index (χ1n) is 7.80. The molecule has 1 fully saturated rings. The topological polar surface area (TPSA) is 46.6 Å². The number of carbonyl (C=O) groups is 2. The SMILES string of the molecule is C=C(c1ccccc1)[C@H]1[C@H](C(=O)OC)C(=O)N1Cc1ccccc1. The minimum atomic E-state index is -0.814. The monoisotopic (exact) mass is 321 g/mol. The van der Waals surface area contributed by atoms with Crippen LogP contribution in [-0.4, -0.2) is 29.9 Å². The number of hydrogen-bond donors (Lipinski definition) is 0. The Bertz CT molecular complexity index is 755. The smallest absolute Gasteiger partial charge is 0.320 e. The van der Waals surface area contributed by atoms with Gasteiger partial charge >= 0.3 is 5.97 Å². The summed E-state index contributed by atoms with van der Waals surface area (Å²) in [5.74, 6) is -1.54. The lowest BCUT2D eigenvalue weighted by Gasteiger charge is -2.46. The summed E-state index contributed by atoms with van der Waals surface area (Å²) in [6.45, 7) is 4.59. The molecular formula is C20H19NO3. The van der Waals surface area contributed by atoms with E-state index in [1.54, 1.807) is 4.90 Å². The Morgan fingerprint density at radius 3 is 2.25 bits per heavy atom. The van der Waals surface area contributed by atoms with Gasteiger partial charge < -0.3 is 9.64 Å². The van der Waals surface area contributed by atoms with E-state index in [1.807, 2.05) is 60.7 Å². The van der Waals surface area contributed by atoms with Crippen molar-refractivity contribution in [2.45, 2.75) is 12.6 Å². The van der Waals surface area contributed by atoms with E-state index >= 15 is 0 Å². The summed E-state index contributed by atoms with van der Waals surface area (Å²) in [7, 11) is 1.30. The van der Waals surface area contributed by atoms with Gasteiger partial charge in [-0.1, -0.05) is 67.2 Å². The van der Waals surface area contributed by atoms with Crippen LogP contribution < -0.4 is 0 Å². The predicted molar refractivity (Wildman–Crippen MR) is 91.8 cm³/mol. The maximum Gasteiger partial charge on any atom is 0.320 e. The Morgan fingerprint density at radius 1 is 1.08 bits per heavy atom. The second kappa shape index (κ2) is 6.71. The summed E-state index contributed by atoms with van der Waals surface area (Å²) < 4.78 is 4.81. The fourth-order valence-corrected chi connectivity index (χ4v) is 3.07. The lowest BCUT2D eigenvalue weighted by molar-refractivity contribution is -0.168. The highest BCUT2D eigenvalue weighted by molar-refractivity contribution is 6.07. The number of nitrogens with zero attached hydrogens (tertiary/aromatic N) is 1. The highest BCUT2D eigenvalue weighted by Crippen LogP contribution is 2.37. The van der Waals surface area contributed by atoms with Crippen LogP contribution in [0.3, 0.4) is 0 Å². The Labute approximate surface area is 141 Å². The van der Waals surface area contributed by atoms with E-state index in [0.29, 0.717) is 6.54 Å². The Balaban J connectivity index is 1.88. The van der Waals surface area contributed by atoms with Gasteiger partial charge in [-0.2, -0.15) is 0 Å². The zero-order valence-electron chi connectivity index (χ0n) is 13.5. The van der Waals surface area contributed by atoms with E-state index < -0.39 is 11.9 Å². The standard InChI is InChI=1S/C20H19NO3/c1-14(16-11-7-4-8-12-16)18-17(20(23)24-2)19(22)21(18)13-15-9-5-3-6-10-15/h3-12,17-18H,1,13H2,2H3/t17-,18-/m0/s1. The number of ether oxygens (including phenoxy) is 1. The second-order valence-corrected chi connectivity index (χ2v) is 5.79. The van der Waals surface area contributed by atoms with Gasteiger partial charge in [-0.25, -0.2) is 0 Å². The highest BCUT2D eigenvalue weighted by atomic mass is 16.5. The number of amides is 1. The third kappa shape index (κ3) is 2.83. The van der Waals surface area contributed by atoms with Gasteiger partial charge in [0.25, 0.3) is 0 Å². The molecule has 122 valence electrons. The van der Waals surface area contributed by atoms with Gasteiger partial charge in [0.05, 0.1) is 13.2 Å². The summed E-state index contributed by atoms with van der Waals surface area (Å²) in [4.78, 5) is 26.2. The van der Waals surface area contributed by atoms with Crippen LogP contribution in [0.5, 0.6) is 0 Å². The minimum absolute atomic E-state index is 0.215. The van der Waals surface area contributed by atoms with Gasteiger partial charge in [-0.3, -0.25) is 9.59 Å². The second-order valence-electron chi connectivity index (χ2n) is 5.79. The average molecular weight is 321 g/mol. The molecule has 0 spiro atoms. The predicted octanol–water partition coefficient (Wildman–Crippen LogP) is 2.90. The molecule has 0 N–H and O–H groups in total. The molecule has 4 heteroatoms. The Hall–Kier alpha value is -2.88. The number of esters is 1. The zero-order chi connectivity index (χ0) is 17.1. The van der Waals surface area contributed by atoms with Crippen LogP contribution in [0.2, 0.25) is 0 Å². The first-order chi connectivity index (χ1) is 11.6. The molecule has 2 atom stereocenters. The molecular weight excluding hydrogens is 302 g/mol. The summed E-state index contributed by atoms with van der Waals surface area (Å²) in [5, 5.41) is 0. The third-order valence-electron chi connectivity index (χ3n) is 4.35. The summed E-state index contributed by atoms with van der Waals surface area (Å²) >= 11 is 0. The van der Waals surface area contributed by atoms with E-state index in [-0.39, 0.29) is 11.9 Å². The fraction of sp³-hybridized carbons (Fsp3) is 0.200. The first-order valence-corrected chi connectivity index (χ1v) is 7.80. The molecule has 3 rings (SSSR count). The number of rotatable bonds is 5. The molecule has 1 aliphatic heterocycles. The normalized spacial score (nSPS) is 19.5. The van der Waals surface area contributed by atoms with Crippen molar-refractivity contribution >= 4 is 17.4 Å². The van der Waals surface area contributed by atoms with Crippen molar-refractivity contribution in [2.24, 2.45) is 5.92 Å². The van der Waals surface area contributed by atoms with Crippen molar-refractivity contribution in [2.75, 3.05) is 7.11 Å². The van der Waals surface area contributed by atoms with Gasteiger partial charge in [-0.05, 0) is 16.7 Å². The fourth-order valence-electron chi connectivity index (χ4n) is 3.07. The summed E-state index contributed by atoms with van der Waals surface area (Å²) in [6.07, 6.45) is 0. The summed E-state index contributed by atoms with van der Waals surface area (Å²) in [6, 6.07) is 18.9. The van der Waals surface area contributed by atoms with Crippen molar-refractivity contribution in [3.05, 3.63) is 78.4 Å². The van der Waals surface area contributed by atoms with Crippen molar-refractivity contribution in [3.63, 3.8) is 0 Å². The molecule has 4 nitrogen and oxygen atoms in total. The quantitative estimate of drug-likeness (QED) is 0.483. The van der Waals surface area contributed by atoms with E-state index in [9.17, 15) is 9.59 Å². The molecule has 0 radical (unpaired) electrons. The minimum Gasteiger partial charge on any atom is -0.468 e. The van der Waals surface area contributed by atoms with Crippen LogP contribution in [0.15, 0.2) is 67.2 Å². The van der Waals surface area contributed by atoms with Crippen LogP contribution >= 0.6 is 0 Å². The number of β-lactam (4-membered cyclic amide) rings is 1. The maximum absolute atomic E-state index is 12.5. The largest absolute Gasteiger partial charge is 0.468 e. The molecule has 0 aromatic heterocycles. The number of hydrogen-bond acceptors (Lipinski definition) is 3. The Kier molecular flexibility index (Phi) is 4.47. The van der Waals surface area contributed by atoms with Crippen molar-refractivity contribution < 1.29 is 14.3 Å². The molecule has 1 heterocycles. The average Bonchev–Trinajstić information content (AvgIpc) is 2.64. The number of methoxy groups -OCH3 is 1. The van der Waals surface area contributed by atoms with Gasteiger partial charge in [-0.15, -0.1) is 0 Å². The van der Waals surface area contributed by atoms with Crippen LogP contribution in [0.4, 0.5) is 0 Å². The van der Waals surface area contributed by atoms with E-state index in [2.05, 4.69) is 6.58 Å². The molecule has 1 aliphatic rings. The molecule has 24 heavy (non-hydrogen) atoms. The van der Waals surface area contributed by atoms with E-state index in [1.165, 1.54) is 7.11 Å². The van der Waals surface area contributed by atoms with Crippen molar-refractivity contribution in [3.8, 4) is 0 Å². The molecule has 2 aromatic rings.